The Kier molecular flexibility index (Phi) is 7.36. The van der Waals surface area contributed by atoms with Gasteiger partial charge in [-0.2, -0.15) is 0 Å². The molecule has 0 aliphatic heterocycles. The average Bonchev–Trinajstić information content (AvgIpc) is 2.34. The number of halogens is 2. The SMILES string of the molecule is CCN(CC)CC(O)CNc1c(Br)cc(C)cc1Br. The lowest BCUT2D eigenvalue weighted by atomic mass is 10.2. The molecule has 1 aromatic carbocycles. The van der Waals surface area contributed by atoms with Crippen LogP contribution in [-0.2, 0) is 0 Å². The second-order valence-electron chi connectivity index (χ2n) is 4.62. The summed E-state index contributed by atoms with van der Waals surface area (Å²) in [4.78, 5) is 2.21. The van der Waals surface area contributed by atoms with Gasteiger partial charge in [0.2, 0.25) is 0 Å². The molecule has 0 saturated carbocycles. The third-order valence-corrected chi connectivity index (χ3v) is 4.32. The van der Waals surface area contributed by atoms with E-state index in [0.29, 0.717) is 13.1 Å². The maximum atomic E-state index is 10.0. The number of aliphatic hydroxyl groups is 1. The van der Waals surface area contributed by atoms with E-state index in [1.54, 1.807) is 0 Å². The molecule has 2 N–H and O–H groups in total. The molecule has 0 aromatic heterocycles. The van der Waals surface area contributed by atoms with Crippen molar-refractivity contribution in [1.29, 1.82) is 0 Å². The van der Waals surface area contributed by atoms with Crippen LogP contribution < -0.4 is 5.32 Å². The molecule has 3 nitrogen and oxygen atoms in total. The highest BCUT2D eigenvalue weighted by Crippen LogP contribution is 2.32. The highest BCUT2D eigenvalue weighted by atomic mass is 79.9. The molecule has 0 fully saturated rings. The molecule has 0 heterocycles. The molecule has 5 heteroatoms. The Morgan fingerprint density at radius 1 is 1.21 bits per heavy atom. The van der Waals surface area contributed by atoms with Gasteiger partial charge < -0.3 is 15.3 Å². The zero-order valence-electron chi connectivity index (χ0n) is 11.7. The summed E-state index contributed by atoms with van der Waals surface area (Å²) in [7, 11) is 0. The summed E-state index contributed by atoms with van der Waals surface area (Å²) >= 11 is 7.08. The fourth-order valence-corrected chi connectivity index (χ4v) is 3.63. The maximum Gasteiger partial charge on any atom is 0.0839 e. The predicted octanol–water partition coefficient (Wildman–Crippen LogP) is 3.63. The standard InChI is InChI=1S/C14H22Br2N2O/c1-4-18(5-2)9-11(19)8-17-14-12(15)6-10(3)7-13(14)16/h6-7,11,17,19H,4-5,8-9H2,1-3H3. The topological polar surface area (TPSA) is 35.5 Å². The van der Waals surface area contributed by atoms with Crippen LogP contribution in [0.3, 0.4) is 0 Å². The van der Waals surface area contributed by atoms with Crippen LogP contribution in [0.1, 0.15) is 19.4 Å². The van der Waals surface area contributed by atoms with Gasteiger partial charge in [-0.1, -0.05) is 13.8 Å². The summed E-state index contributed by atoms with van der Waals surface area (Å²) in [6.45, 7) is 9.43. The van der Waals surface area contributed by atoms with E-state index >= 15 is 0 Å². The van der Waals surface area contributed by atoms with E-state index in [0.717, 1.165) is 27.7 Å². The molecule has 108 valence electrons. The predicted molar refractivity (Wildman–Crippen MR) is 88.9 cm³/mol. The van der Waals surface area contributed by atoms with Crippen molar-refractivity contribution >= 4 is 37.5 Å². The lowest BCUT2D eigenvalue weighted by Gasteiger charge is -2.22. The Bertz CT molecular complexity index is 385. The first kappa shape index (κ1) is 17.0. The zero-order valence-corrected chi connectivity index (χ0v) is 14.9. The molecule has 0 amide bonds. The van der Waals surface area contributed by atoms with Crippen molar-refractivity contribution in [1.82, 2.24) is 4.90 Å². The molecule has 0 spiro atoms. The smallest absolute Gasteiger partial charge is 0.0839 e. The van der Waals surface area contributed by atoms with E-state index in [1.165, 1.54) is 5.56 Å². The minimum absolute atomic E-state index is 0.375. The van der Waals surface area contributed by atoms with Gasteiger partial charge in [0.25, 0.3) is 0 Å². The van der Waals surface area contributed by atoms with E-state index < -0.39 is 0 Å². The number of aliphatic hydroxyl groups excluding tert-OH is 1. The van der Waals surface area contributed by atoms with Gasteiger partial charge in [-0.3, -0.25) is 0 Å². The fourth-order valence-electron chi connectivity index (χ4n) is 1.93. The summed E-state index contributed by atoms with van der Waals surface area (Å²) in [5.41, 5.74) is 2.18. The Hall–Kier alpha value is -0.100. The van der Waals surface area contributed by atoms with Crippen LogP contribution >= 0.6 is 31.9 Å². The number of anilines is 1. The Balaban J connectivity index is 2.57. The second kappa shape index (κ2) is 8.25. The van der Waals surface area contributed by atoms with Crippen LogP contribution in [0, 0.1) is 6.92 Å². The van der Waals surface area contributed by atoms with Crippen molar-refractivity contribution in [2.24, 2.45) is 0 Å². The first-order valence-electron chi connectivity index (χ1n) is 6.57. The van der Waals surface area contributed by atoms with E-state index in [4.69, 9.17) is 0 Å². The number of benzene rings is 1. The molecule has 1 atom stereocenters. The Labute approximate surface area is 132 Å². The molecular weight excluding hydrogens is 372 g/mol. The van der Waals surface area contributed by atoms with E-state index in [-0.39, 0.29) is 6.10 Å². The number of rotatable bonds is 7. The molecular formula is C14H22Br2N2O. The second-order valence-corrected chi connectivity index (χ2v) is 6.33. The number of hydrogen-bond acceptors (Lipinski definition) is 3. The van der Waals surface area contributed by atoms with Gasteiger partial charge in [-0.25, -0.2) is 0 Å². The van der Waals surface area contributed by atoms with Gasteiger partial charge in [-0.15, -0.1) is 0 Å². The number of aryl methyl sites for hydroxylation is 1. The quantitative estimate of drug-likeness (QED) is 0.742. The molecule has 1 unspecified atom stereocenters. The first-order valence-corrected chi connectivity index (χ1v) is 8.16. The van der Waals surface area contributed by atoms with Gasteiger partial charge in [0.15, 0.2) is 0 Å². The molecule has 1 aromatic rings. The van der Waals surface area contributed by atoms with Gasteiger partial charge in [0.05, 0.1) is 11.8 Å². The van der Waals surface area contributed by atoms with Crippen LogP contribution in [0.5, 0.6) is 0 Å². The molecule has 0 bridgehead atoms. The fraction of sp³-hybridized carbons (Fsp3) is 0.571. The summed E-state index contributed by atoms with van der Waals surface area (Å²) in [6.07, 6.45) is -0.375. The lowest BCUT2D eigenvalue weighted by Crippen LogP contribution is -2.36. The maximum absolute atomic E-state index is 10.0. The first-order chi connectivity index (χ1) is 8.97. The minimum atomic E-state index is -0.375. The van der Waals surface area contributed by atoms with Gasteiger partial charge in [-0.05, 0) is 69.6 Å². The average molecular weight is 394 g/mol. The Morgan fingerprint density at radius 2 is 1.74 bits per heavy atom. The van der Waals surface area contributed by atoms with Crippen molar-refractivity contribution in [3.05, 3.63) is 26.6 Å². The zero-order chi connectivity index (χ0) is 14.4. The molecule has 0 aliphatic rings. The number of likely N-dealkylation sites (N-methyl/N-ethyl adjacent to an activating group) is 1. The number of nitrogens with zero attached hydrogens (tertiary/aromatic N) is 1. The molecule has 19 heavy (non-hydrogen) atoms. The van der Waals surface area contributed by atoms with E-state index in [2.05, 4.69) is 75.0 Å². The van der Waals surface area contributed by atoms with Crippen LogP contribution in [-0.4, -0.2) is 42.3 Å². The van der Waals surface area contributed by atoms with Gasteiger partial charge in [0, 0.05) is 22.0 Å². The summed E-state index contributed by atoms with van der Waals surface area (Å²) in [5, 5.41) is 13.3. The monoisotopic (exact) mass is 392 g/mol. The molecule has 0 radical (unpaired) electrons. The summed E-state index contributed by atoms with van der Waals surface area (Å²) < 4.78 is 2.02. The normalized spacial score (nSPS) is 12.8. The lowest BCUT2D eigenvalue weighted by molar-refractivity contribution is 0.128. The number of hydrogen-bond donors (Lipinski definition) is 2. The van der Waals surface area contributed by atoms with Crippen molar-refractivity contribution in [2.75, 3.05) is 31.5 Å². The van der Waals surface area contributed by atoms with Crippen LogP contribution in [0.25, 0.3) is 0 Å². The van der Waals surface area contributed by atoms with Crippen molar-refractivity contribution in [3.63, 3.8) is 0 Å². The Morgan fingerprint density at radius 3 is 2.21 bits per heavy atom. The van der Waals surface area contributed by atoms with Crippen molar-refractivity contribution in [3.8, 4) is 0 Å². The van der Waals surface area contributed by atoms with E-state index in [1.807, 2.05) is 0 Å². The van der Waals surface area contributed by atoms with Crippen LogP contribution in [0.4, 0.5) is 5.69 Å². The van der Waals surface area contributed by atoms with Gasteiger partial charge >= 0.3 is 0 Å². The van der Waals surface area contributed by atoms with E-state index in [9.17, 15) is 5.11 Å². The largest absolute Gasteiger partial charge is 0.390 e. The highest BCUT2D eigenvalue weighted by molar-refractivity contribution is 9.11. The minimum Gasteiger partial charge on any atom is -0.390 e. The summed E-state index contributed by atoms with van der Waals surface area (Å²) in [6, 6.07) is 4.12. The molecule has 0 aliphatic carbocycles. The number of nitrogens with one attached hydrogen (secondary N) is 1. The highest BCUT2D eigenvalue weighted by Gasteiger charge is 2.11. The third-order valence-electron chi connectivity index (χ3n) is 3.06. The van der Waals surface area contributed by atoms with Crippen LogP contribution in [0.2, 0.25) is 0 Å². The van der Waals surface area contributed by atoms with Crippen LogP contribution in [0.15, 0.2) is 21.1 Å². The molecule has 1 rings (SSSR count). The molecule has 0 saturated heterocycles. The summed E-state index contributed by atoms with van der Waals surface area (Å²) in [5.74, 6) is 0. The van der Waals surface area contributed by atoms with Gasteiger partial charge in [0.1, 0.15) is 0 Å². The van der Waals surface area contributed by atoms with Crippen molar-refractivity contribution in [2.45, 2.75) is 26.9 Å². The van der Waals surface area contributed by atoms with Crippen molar-refractivity contribution < 1.29 is 5.11 Å². The third kappa shape index (κ3) is 5.42.